The summed E-state index contributed by atoms with van der Waals surface area (Å²) in [5, 5.41) is 13.7. The van der Waals surface area contributed by atoms with Crippen molar-refractivity contribution >= 4 is 27.8 Å². The Labute approximate surface area is 216 Å². The third-order valence-corrected chi connectivity index (χ3v) is 7.35. The quantitative estimate of drug-likeness (QED) is 0.400. The maximum absolute atomic E-state index is 13.2. The normalized spacial score (nSPS) is 19.7. The van der Waals surface area contributed by atoms with E-state index in [-0.39, 0.29) is 35.7 Å². The van der Waals surface area contributed by atoms with Crippen LogP contribution in [0.3, 0.4) is 0 Å². The maximum atomic E-state index is 13.2. The Morgan fingerprint density at radius 2 is 1.92 bits per heavy atom. The summed E-state index contributed by atoms with van der Waals surface area (Å²) in [7, 11) is 1.68. The summed E-state index contributed by atoms with van der Waals surface area (Å²) in [5.41, 5.74) is 2.35. The van der Waals surface area contributed by atoms with Crippen LogP contribution in [-0.2, 0) is 19.8 Å². The zero-order chi connectivity index (χ0) is 27.4. The SMILES string of the molecule is CC(c1ccc2ncc(C(F)(F)F)nc2c1)N1C[C@H](C)N(c2cc(=O)n(C)c3cn(CC#N)nc23)C[C@H]1C. The molecule has 1 aromatic carbocycles. The van der Waals surface area contributed by atoms with Crippen LogP contribution in [0.5, 0.6) is 0 Å². The van der Waals surface area contributed by atoms with Gasteiger partial charge in [0.05, 0.1) is 40.7 Å². The van der Waals surface area contributed by atoms with Crippen molar-refractivity contribution in [2.24, 2.45) is 7.05 Å². The van der Waals surface area contributed by atoms with Gasteiger partial charge in [0.25, 0.3) is 5.56 Å². The number of nitrogens with zero attached hydrogens (tertiary/aromatic N) is 8. The molecule has 38 heavy (non-hydrogen) atoms. The van der Waals surface area contributed by atoms with E-state index in [1.54, 1.807) is 31.4 Å². The molecule has 0 amide bonds. The summed E-state index contributed by atoms with van der Waals surface area (Å²) in [6, 6.07) is 8.92. The van der Waals surface area contributed by atoms with E-state index >= 15 is 0 Å². The monoisotopic (exact) mass is 524 g/mol. The summed E-state index contributed by atoms with van der Waals surface area (Å²) < 4.78 is 42.6. The molecule has 1 aliphatic rings. The first kappa shape index (κ1) is 25.7. The van der Waals surface area contributed by atoms with Gasteiger partial charge >= 0.3 is 6.18 Å². The number of halogens is 3. The highest BCUT2D eigenvalue weighted by molar-refractivity contribution is 5.88. The molecule has 3 aromatic heterocycles. The van der Waals surface area contributed by atoms with Crippen molar-refractivity contribution in [1.29, 1.82) is 5.26 Å². The third kappa shape index (κ3) is 4.47. The Kier molecular flexibility index (Phi) is 6.35. The van der Waals surface area contributed by atoms with Gasteiger partial charge in [-0.05, 0) is 38.5 Å². The van der Waals surface area contributed by atoms with Crippen LogP contribution in [0.4, 0.5) is 18.9 Å². The molecule has 5 rings (SSSR count). The van der Waals surface area contributed by atoms with Crippen LogP contribution in [-0.4, -0.2) is 54.4 Å². The molecule has 0 bridgehead atoms. The number of pyridine rings is 1. The average molecular weight is 525 g/mol. The van der Waals surface area contributed by atoms with Crippen LogP contribution in [0.15, 0.2) is 41.5 Å². The van der Waals surface area contributed by atoms with Gasteiger partial charge in [0.15, 0.2) is 5.69 Å². The molecule has 0 radical (unpaired) electrons. The minimum Gasteiger partial charge on any atom is -0.364 e. The van der Waals surface area contributed by atoms with Gasteiger partial charge in [-0.3, -0.25) is 19.4 Å². The lowest BCUT2D eigenvalue weighted by Crippen LogP contribution is -2.57. The molecule has 1 fully saturated rings. The highest BCUT2D eigenvalue weighted by Crippen LogP contribution is 2.34. The lowest BCUT2D eigenvalue weighted by atomic mass is 9.99. The van der Waals surface area contributed by atoms with E-state index in [9.17, 15) is 18.0 Å². The topological polar surface area (TPSA) is 95.9 Å². The Balaban J connectivity index is 1.44. The van der Waals surface area contributed by atoms with Gasteiger partial charge in [0, 0.05) is 44.3 Å². The maximum Gasteiger partial charge on any atom is 0.434 e. The van der Waals surface area contributed by atoms with Crippen molar-refractivity contribution in [3.63, 3.8) is 0 Å². The number of piperazine rings is 1. The van der Waals surface area contributed by atoms with Crippen molar-refractivity contribution in [2.75, 3.05) is 18.0 Å². The van der Waals surface area contributed by atoms with Gasteiger partial charge in [-0.1, -0.05) is 6.07 Å². The number of anilines is 1. The van der Waals surface area contributed by atoms with E-state index in [2.05, 4.69) is 44.8 Å². The van der Waals surface area contributed by atoms with Gasteiger partial charge in [-0.15, -0.1) is 0 Å². The highest BCUT2D eigenvalue weighted by atomic mass is 19.4. The number of aryl methyl sites for hydroxylation is 1. The molecule has 4 heterocycles. The second kappa shape index (κ2) is 9.40. The fourth-order valence-corrected chi connectivity index (χ4v) is 5.26. The van der Waals surface area contributed by atoms with Crippen LogP contribution in [0.1, 0.15) is 38.1 Å². The number of hydrogen-bond acceptors (Lipinski definition) is 7. The van der Waals surface area contributed by atoms with Crippen LogP contribution in [0.25, 0.3) is 22.1 Å². The van der Waals surface area contributed by atoms with E-state index in [4.69, 9.17) is 5.26 Å². The summed E-state index contributed by atoms with van der Waals surface area (Å²) >= 11 is 0. The minimum absolute atomic E-state index is 0.0159. The van der Waals surface area contributed by atoms with Crippen LogP contribution < -0.4 is 10.5 Å². The van der Waals surface area contributed by atoms with Gasteiger partial charge in [0.2, 0.25) is 0 Å². The van der Waals surface area contributed by atoms with Crippen molar-refractivity contribution in [3.05, 3.63) is 58.3 Å². The van der Waals surface area contributed by atoms with E-state index in [0.717, 1.165) is 17.4 Å². The smallest absolute Gasteiger partial charge is 0.364 e. The molecule has 4 aromatic rings. The molecule has 0 saturated carbocycles. The summed E-state index contributed by atoms with van der Waals surface area (Å²) in [6.07, 6.45) is -2.09. The predicted octanol–water partition coefficient (Wildman–Crippen LogP) is 3.88. The number of aromatic nitrogens is 5. The van der Waals surface area contributed by atoms with Crippen molar-refractivity contribution in [1.82, 2.24) is 29.2 Å². The van der Waals surface area contributed by atoms with E-state index in [1.165, 1.54) is 9.25 Å². The van der Waals surface area contributed by atoms with Gasteiger partial charge < -0.3 is 9.47 Å². The second-order valence-corrected chi connectivity index (χ2v) is 9.87. The van der Waals surface area contributed by atoms with Crippen molar-refractivity contribution in [3.8, 4) is 6.07 Å². The summed E-state index contributed by atoms with van der Waals surface area (Å²) in [4.78, 5) is 24.9. The van der Waals surface area contributed by atoms with Gasteiger partial charge in [0.1, 0.15) is 12.1 Å². The molecule has 1 unspecified atom stereocenters. The molecule has 3 atom stereocenters. The lowest BCUT2D eigenvalue weighted by molar-refractivity contribution is -0.141. The first-order valence-corrected chi connectivity index (χ1v) is 12.3. The highest BCUT2D eigenvalue weighted by Gasteiger charge is 2.35. The zero-order valence-electron chi connectivity index (χ0n) is 21.4. The van der Waals surface area contributed by atoms with Crippen molar-refractivity contribution < 1.29 is 13.2 Å². The third-order valence-electron chi connectivity index (χ3n) is 7.35. The number of nitriles is 1. The molecular weight excluding hydrogens is 497 g/mol. The number of benzene rings is 1. The van der Waals surface area contributed by atoms with Gasteiger partial charge in [-0.2, -0.15) is 23.5 Å². The fraction of sp³-hybridized carbons (Fsp3) is 0.423. The fourth-order valence-electron chi connectivity index (χ4n) is 5.26. The molecule has 9 nitrogen and oxygen atoms in total. The first-order chi connectivity index (χ1) is 18.0. The first-order valence-electron chi connectivity index (χ1n) is 12.3. The van der Waals surface area contributed by atoms with E-state index in [0.29, 0.717) is 29.6 Å². The largest absolute Gasteiger partial charge is 0.434 e. The molecule has 198 valence electrons. The van der Waals surface area contributed by atoms with E-state index in [1.807, 2.05) is 13.0 Å². The molecule has 0 aliphatic carbocycles. The van der Waals surface area contributed by atoms with Crippen LogP contribution in [0, 0.1) is 11.3 Å². The molecule has 0 spiro atoms. The van der Waals surface area contributed by atoms with Crippen LogP contribution in [0.2, 0.25) is 0 Å². The van der Waals surface area contributed by atoms with Crippen LogP contribution >= 0.6 is 0 Å². The Morgan fingerprint density at radius 3 is 2.63 bits per heavy atom. The number of alkyl halides is 3. The summed E-state index contributed by atoms with van der Waals surface area (Å²) in [6.45, 7) is 7.54. The van der Waals surface area contributed by atoms with Crippen molar-refractivity contribution in [2.45, 2.75) is 51.6 Å². The molecule has 1 saturated heterocycles. The Bertz CT molecular complexity index is 1620. The lowest BCUT2D eigenvalue weighted by Gasteiger charge is -2.47. The molecule has 1 aliphatic heterocycles. The number of hydrogen-bond donors (Lipinski definition) is 0. The zero-order valence-corrected chi connectivity index (χ0v) is 21.4. The standard InChI is InChI=1S/C26H27F3N8O/c1-15-13-37(21-10-24(38)34(4)22-14-35(8-7-30)33-25(21)22)16(2)12-36(15)17(3)18-5-6-19-20(9-18)32-23(11-31-19)26(27,28)29/h5-6,9-11,14-17H,8,12-13H2,1-4H3/t15-,16+,17?/m1/s1. The number of rotatable bonds is 4. The average Bonchev–Trinajstić information content (AvgIpc) is 3.30. The molecular formula is C26H27F3N8O. The Hall–Kier alpha value is -3.98. The predicted molar refractivity (Wildman–Crippen MR) is 137 cm³/mol. The Morgan fingerprint density at radius 1 is 1.16 bits per heavy atom. The minimum atomic E-state index is -4.56. The van der Waals surface area contributed by atoms with Gasteiger partial charge in [-0.25, -0.2) is 4.98 Å². The van der Waals surface area contributed by atoms with E-state index < -0.39 is 11.9 Å². The number of fused-ring (bicyclic) bond motifs is 2. The molecule has 0 N–H and O–H groups in total. The summed E-state index contributed by atoms with van der Waals surface area (Å²) in [5.74, 6) is 0. The second-order valence-electron chi connectivity index (χ2n) is 9.87. The molecule has 12 heteroatoms.